The molecule has 1 saturated heterocycles. The molecular formula is C17H20FN3O2. The number of carbonyl (C=O) groups excluding carboxylic acids is 1. The van der Waals surface area contributed by atoms with Gasteiger partial charge in [0.1, 0.15) is 12.4 Å². The zero-order valence-electron chi connectivity index (χ0n) is 13.2. The van der Waals surface area contributed by atoms with Crippen molar-refractivity contribution in [3.05, 3.63) is 53.1 Å². The van der Waals surface area contributed by atoms with Gasteiger partial charge in [-0.05, 0) is 44.0 Å². The molecule has 0 bridgehead atoms. The predicted octanol–water partition coefficient (Wildman–Crippen LogP) is 1.97. The Bertz CT molecular complexity index is 728. The minimum Gasteiger partial charge on any atom is -0.391 e. The number of aliphatic hydroxyl groups excluding tert-OH is 1. The number of halogens is 1. The lowest BCUT2D eigenvalue weighted by Crippen LogP contribution is -2.35. The maximum absolute atomic E-state index is 13.5. The van der Waals surface area contributed by atoms with E-state index in [0.717, 1.165) is 11.4 Å². The molecule has 2 atom stereocenters. The minimum absolute atomic E-state index is 0.123. The van der Waals surface area contributed by atoms with E-state index >= 15 is 0 Å². The summed E-state index contributed by atoms with van der Waals surface area (Å²) in [7, 11) is 0. The number of amides is 1. The monoisotopic (exact) mass is 317 g/mol. The summed E-state index contributed by atoms with van der Waals surface area (Å²) in [5, 5.41) is 14.3. The van der Waals surface area contributed by atoms with Gasteiger partial charge in [-0.3, -0.25) is 9.48 Å². The van der Waals surface area contributed by atoms with Gasteiger partial charge in [-0.1, -0.05) is 12.1 Å². The Kier molecular flexibility index (Phi) is 4.17. The van der Waals surface area contributed by atoms with Crippen LogP contribution < -0.4 is 0 Å². The quantitative estimate of drug-likeness (QED) is 0.941. The first-order valence-electron chi connectivity index (χ1n) is 7.68. The summed E-state index contributed by atoms with van der Waals surface area (Å²) in [5.41, 5.74) is 2.49. The van der Waals surface area contributed by atoms with Gasteiger partial charge in [0.2, 0.25) is 5.91 Å². The van der Waals surface area contributed by atoms with Crippen molar-refractivity contribution in [3.63, 3.8) is 0 Å². The third-order valence-electron chi connectivity index (χ3n) is 4.22. The number of aromatic nitrogens is 2. The number of carbonyl (C=O) groups is 1. The first-order chi connectivity index (χ1) is 10.9. The molecule has 2 aromatic rings. The molecule has 0 aliphatic carbocycles. The van der Waals surface area contributed by atoms with E-state index in [0.29, 0.717) is 12.0 Å². The normalized spacial score (nSPS) is 21.0. The van der Waals surface area contributed by atoms with Gasteiger partial charge in [-0.25, -0.2) is 4.39 Å². The molecule has 0 spiro atoms. The number of aryl methyl sites for hydroxylation is 2. The van der Waals surface area contributed by atoms with Crippen LogP contribution in [0.2, 0.25) is 0 Å². The predicted molar refractivity (Wildman–Crippen MR) is 83.2 cm³/mol. The fourth-order valence-electron chi connectivity index (χ4n) is 3.17. The SMILES string of the molecule is Cc1cc(C)n(CC(=O)N2C[C@H](O)C[C@H]2c2cccc(F)c2)n1. The van der Waals surface area contributed by atoms with Crippen LogP contribution in [0.5, 0.6) is 0 Å². The highest BCUT2D eigenvalue weighted by atomic mass is 19.1. The van der Waals surface area contributed by atoms with Crippen LogP contribution in [-0.4, -0.2) is 38.3 Å². The lowest BCUT2D eigenvalue weighted by Gasteiger charge is -2.25. The molecular weight excluding hydrogens is 297 g/mol. The van der Waals surface area contributed by atoms with Gasteiger partial charge in [0, 0.05) is 12.2 Å². The zero-order chi connectivity index (χ0) is 16.6. The van der Waals surface area contributed by atoms with E-state index in [2.05, 4.69) is 5.10 Å². The van der Waals surface area contributed by atoms with Gasteiger partial charge in [0.25, 0.3) is 0 Å². The summed E-state index contributed by atoms with van der Waals surface area (Å²) in [6, 6.07) is 7.82. The van der Waals surface area contributed by atoms with Crippen LogP contribution in [0.1, 0.15) is 29.4 Å². The Hall–Kier alpha value is -2.21. The molecule has 1 fully saturated rings. The topological polar surface area (TPSA) is 58.4 Å². The molecule has 1 aromatic carbocycles. The summed E-state index contributed by atoms with van der Waals surface area (Å²) < 4.78 is 15.1. The van der Waals surface area contributed by atoms with E-state index in [1.807, 2.05) is 19.9 Å². The van der Waals surface area contributed by atoms with E-state index in [9.17, 15) is 14.3 Å². The zero-order valence-corrected chi connectivity index (χ0v) is 13.2. The largest absolute Gasteiger partial charge is 0.391 e. The molecule has 5 nitrogen and oxygen atoms in total. The van der Waals surface area contributed by atoms with Crippen LogP contribution in [-0.2, 0) is 11.3 Å². The number of likely N-dealkylation sites (tertiary alicyclic amines) is 1. The fraction of sp³-hybridized carbons (Fsp3) is 0.412. The van der Waals surface area contributed by atoms with Crippen LogP contribution >= 0.6 is 0 Å². The average molecular weight is 317 g/mol. The second-order valence-corrected chi connectivity index (χ2v) is 6.09. The molecule has 6 heteroatoms. The highest BCUT2D eigenvalue weighted by Crippen LogP contribution is 2.32. The average Bonchev–Trinajstić information content (AvgIpc) is 3.02. The third kappa shape index (κ3) is 3.27. The Labute approximate surface area is 134 Å². The van der Waals surface area contributed by atoms with Crippen molar-refractivity contribution in [1.29, 1.82) is 0 Å². The standard InChI is InChI=1S/C17H20FN3O2/c1-11-6-12(2)21(19-11)10-17(23)20-9-15(22)8-16(20)13-4-3-5-14(18)7-13/h3-7,15-16,22H,8-10H2,1-2H3/t15-,16+/m1/s1. The number of nitrogens with zero attached hydrogens (tertiary/aromatic N) is 3. The first-order valence-corrected chi connectivity index (χ1v) is 7.68. The maximum Gasteiger partial charge on any atom is 0.244 e. The van der Waals surface area contributed by atoms with E-state index in [1.165, 1.54) is 12.1 Å². The molecule has 1 aliphatic heterocycles. The van der Waals surface area contributed by atoms with Gasteiger partial charge in [-0.15, -0.1) is 0 Å². The molecule has 1 N–H and O–H groups in total. The molecule has 0 saturated carbocycles. The van der Waals surface area contributed by atoms with Crippen molar-refractivity contribution < 1.29 is 14.3 Å². The molecule has 1 aliphatic rings. The second kappa shape index (κ2) is 6.12. The van der Waals surface area contributed by atoms with Crippen molar-refractivity contribution >= 4 is 5.91 Å². The van der Waals surface area contributed by atoms with E-state index in [4.69, 9.17) is 0 Å². The Morgan fingerprint density at radius 2 is 2.17 bits per heavy atom. The summed E-state index contributed by atoms with van der Waals surface area (Å²) in [4.78, 5) is 14.3. The molecule has 122 valence electrons. The van der Waals surface area contributed by atoms with Crippen LogP contribution in [0, 0.1) is 19.7 Å². The molecule has 3 rings (SSSR count). The Balaban J connectivity index is 1.81. The first kappa shape index (κ1) is 15.7. The van der Waals surface area contributed by atoms with Gasteiger partial charge in [0.15, 0.2) is 0 Å². The molecule has 23 heavy (non-hydrogen) atoms. The number of aliphatic hydroxyl groups is 1. The molecule has 1 aromatic heterocycles. The summed E-state index contributed by atoms with van der Waals surface area (Å²) in [5.74, 6) is -0.461. The van der Waals surface area contributed by atoms with Crippen LogP contribution in [0.25, 0.3) is 0 Å². The number of hydrogen-bond donors (Lipinski definition) is 1. The van der Waals surface area contributed by atoms with Crippen LogP contribution in [0.3, 0.4) is 0 Å². The van der Waals surface area contributed by atoms with Crippen molar-refractivity contribution in [1.82, 2.24) is 14.7 Å². The van der Waals surface area contributed by atoms with E-state index in [-0.39, 0.29) is 30.9 Å². The van der Waals surface area contributed by atoms with Gasteiger partial charge in [0.05, 0.1) is 17.8 Å². The van der Waals surface area contributed by atoms with Crippen molar-refractivity contribution in [3.8, 4) is 0 Å². The highest BCUT2D eigenvalue weighted by Gasteiger charge is 2.35. The van der Waals surface area contributed by atoms with E-state index in [1.54, 1.807) is 21.7 Å². The summed E-state index contributed by atoms with van der Waals surface area (Å²) >= 11 is 0. The number of benzene rings is 1. The third-order valence-corrected chi connectivity index (χ3v) is 4.22. The lowest BCUT2D eigenvalue weighted by molar-refractivity contribution is -0.133. The number of β-amino-alcohol motifs (C(OH)–C–C–N with tert-alkyl or cyclic N) is 1. The van der Waals surface area contributed by atoms with Gasteiger partial charge < -0.3 is 10.0 Å². The van der Waals surface area contributed by atoms with E-state index < -0.39 is 6.10 Å². The van der Waals surface area contributed by atoms with Crippen molar-refractivity contribution in [2.75, 3.05) is 6.54 Å². The Morgan fingerprint density at radius 3 is 2.83 bits per heavy atom. The summed E-state index contributed by atoms with van der Waals surface area (Å²) in [6.07, 6.45) is -0.167. The molecule has 0 radical (unpaired) electrons. The van der Waals surface area contributed by atoms with Crippen molar-refractivity contribution in [2.24, 2.45) is 0 Å². The maximum atomic E-state index is 13.5. The second-order valence-electron chi connectivity index (χ2n) is 6.09. The Morgan fingerprint density at radius 1 is 1.39 bits per heavy atom. The molecule has 1 amide bonds. The fourth-order valence-corrected chi connectivity index (χ4v) is 3.17. The number of rotatable bonds is 3. The van der Waals surface area contributed by atoms with Crippen molar-refractivity contribution in [2.45, 2.75) is 39.0 Å². The highest BCUT2D eigenvalue weighted by molar-refractivity contribution is 5.77. The van der Waals surface area contributed by atoms with Crippen LogP contribution in [0.15, 0.2) is 30.3 Å². The minimum atomic E-state index is -0.590. The van der Waals surface area contributed by atoms with Crippen LogP contribution in [0.4, 0.5) is 4.39 Å². The molecule has 0 unspecified atom stereocenters. The smallest absolute Gasteiger partial charge is 0.244 e. The van der Waals surface area contributed by atoms with Gasteiger partial charge >= 0.3 is 0 Å². The number of hydrogen-bond acceptors (Lipinski definition) is 3. The van der Waals surface area contributed by atoms with Gasteiger partial charge in [-0.2, -0.15) is 5.10 Å². The summed E-state index contributed by atoms with van der Waals surface area (Å²) in [6.45, 7) is 4.16. The molecule has 2 heterocycles. The lowest BCUT2D eigenvalue weighted by atomic mass is 10.0.